The van der Waals surface area contributed by atoms with E-state index in [9.17, 15) is 9.90 Å². The Morgan fingerprint density at radius 2 is 2.08 bits per heavy atom. The van der Waals surface area contributed by atoms with Crippen LogP contribution in [0.2, 0.25) is 0 Å². The van der Waals surface area contributed by atoms with E-state index in [0.29, 0.717) is 25.3 Å². The van der Waals surface area contributed by atoms with Crippen LogP contribution in [0.15, 0.2) is 12.1 Å². The number of rotatable bonds is 3. The second-order valence-electron chi connectivity index (χ2n) is 6.41. The monoisotopic (exact) mass is 332 g/mol. The van der Waals surface area contributed by atoms with Crippen LogP contribution in [0, 0.1) is 13.8 Å². The zero-order valence-corrected chi connectivity index (χ0v) is 14.4. The molecule has 1 atom stereocenters. The first-order valence-corrected chi connectivity index (χ1v) is 8.20. The van der Waals surface area contributed by atoms with Crippen molar-refractivity contribution in [2.75, 3.05) is 13.2 Å². The van der Waals surface area contributed by atoms with Gasteiger partial charge in [0.25, 0.3) is 5.91 Å². The van der Waals surface area contributed by atoms with Crippen molar-refractivity contribution in [3.05, 3.63) is 40.5 Å². The van der Waals surface area contributed by atoms with Gasteiger partial charge >= 0.3 is 0 Å². The van der Waals surface area contributed by atoms with Crippen molar-refractivity contribution in [1.29, 1.82) is 0 Å². The fourth-order valence-corrected chi connectivity index (χ4v) is 3.16. The molecule has 2 N–H and O–H groups in total. The molecule has 0 aliphatic carbocycles. The minimum absolute atomic E-state index is 0.0232. The van der Waals surface area contributed by atoms with Crippen molar-refractivity contribution < 1.29 is 15.0 Å². The summed E-state index contributed by atoms with van der Waals surface area (Å²) in [6.07, 6.45) is -0.174. The Labute approximate surface area is 141 Å². The van der Waals surface area contributed by atoms with Crippen LogP contribution in [0.4, 0.5) is 0 Å². The van der Waals surface area contributed by atoms with Gasteiger partial charge in [0.2, 0.25) is 0 Å². The molecule has 3 heterocycles. The average molecular weight is 332 g/mol. The number of carbonyl (C=O) groups is 1. The maximum absolute atomic E-state index is 12.9. The molecule has 130 valence electrons. The van der Waals surface area contributed by atoms with Gasteiger partial charge in [0.05, 0.1) is 30.1 Å². The lowest BCUT2D eigenvalue weighted by Gasteiger charge is -2.20. The normalized spacial score (nSPS) is 16.0. The number of carbonyl (C=O) groups excluding carboxylic acids is 1. The maximum Gasteiger partial charge on any atom is 0.256 e. The van der Waals surface area contributed by atoms with E-state index in [0.717, 1.165) is 29.1 Å². The Morgan fingerprint density at radius 1 is 1.33 bits per heavy atom. The van der Waals surface area contributed by atoms with E-state index in [-0.39, 0.29) is 12.5 Å². The molecule has 0 aromatic carbocycles. The van der Waals surface area contributed by atoms with Gasteiger partial charge in [0.15, 0.2) is 0 Å². The molecule has 7 nitrogen and oxygen atoms in total. The largest absolute Gasteiger partial charge is 0.393 e. The highest BCUT2D eigenvalue weighted by Gasteiger charge is 2.25. The van der Waals surface area contributed by atoms with Gasteiger partial charge in [-0.2, -0.15) is 5.10 Å². The lowest BCUT2D eigenvalue weighted by molar-refractivity contribution is 0.0744. The first-order valence-electron chi connectivity index (χ1n) is 8.20. The van der Waals surface area contributed by atoms with Crippen LogP contribution < -0.4 is 0 Å². The van der Waals surface area contributed by atoms with Gasteiger partial charge in [-0.15, -0.1) is 0 Å². The third kappa shape index (κ3) is 2.85. The summed E-state index contributed by atoms with van der Waals surface area (Å²) in [7, 11) is 1.96. The predicted octanol–water partition coefficient (Wildman–Crippen LogP) is 0.910. The number of aliphatic hydroxyl groups excluding tert-OH is 2. The zero-order chi connectivity index (χ0) is 17.4. The lowest BCUT2D eigenvalue weighted by Crippen LogP contribution is -2.31. The third-order valence-electron chi connectivity index (χ3n) is 4.84. The van der Waals surface area contributed by atoms with E-state index in [1.807, 2.05) is 41.1 Å². The van der Waals surface area contributed by atoms with Crippen LogP contribution in [0.5, 0.6) is 0 Å². The van der Waals surface area contributed by atoms with Crippen LogP contribution in [-0.4, -0.2) is 48.5 Å². The molecule has 0 bridgehead atoms. The number of nitrogens with zero attached hydrogens (tertiary/aromatic N) is 4. The molecule has 0 radical (unpaired) electrons. The SMILES string of the molecule is Cc1cc(C(=O)N2CCCn3nc(C(O)CO)cc3C2)c(C)n1C. The van der Waals surface area contributed by atoms with E-state index in [1.54, 1.807) is 6.07 Å². The van der Waals surface area contributed by atoms with E-state index >= 15 is 0 Å². The van der Waals surface area contributed by atoms with E-state index in [2.05, 4.69) is 5.10 Å². The smallest absolute Gasteiger partial charge is 0.256 e. The minimum atomic E-state index is -0.979. The highest BCUT2D eigenvalue weighted by Crippen LogP contribution is 2.21. The molecule has 0 fully saturated rings. The van der Waals surface area contributed by atoms with Gasteiger partial charge in [-0.05, 0) is 32.4 Å². The fraction of sp³-hybridized carbons (Fsp3) is 0.529. The molecular weight excluding hydrogens is 308 g/mol. The van der Waals surface area contributed by atoms with Crippen LogP contribution in [-0.2, 0) is 20.1 Å². The zero-order valence-electron chi connectivity index (χ0n) is 14.4. The summed E-state index contributed by atoms with van der Waals surface area (Å²) >= 11 is 0. The van der Waals surface area contributed by atoms with Crippen LogP contribution >= 0.6 is 0 Å². The van der Waals surface area contributed by atoms with Gasteiger partial charge in [-0.3, -0.25) is 9.48 Å². The Hall–Kier alpha value is -2.12. The average Bonchev–Trinajstić information content (AvgIpc) is 3.01. The molecule has 3 rings (SSSR count). The molecule has 1 amide bonds. The summed E-state index contributed by atoms with van der Waals surface area (Å²) in [6, 6.07) is 3.70. The number of amides is 1. The molecule has 1 aliphatic heterocycles. The second-order valence-corrected chi connectivity index (χ2v) is 6.41. The number of fused-ring (bicyclic) bond motifs is 1. The van der Waals surface area contributed by atoms with Crippen molar-refractivity contribution in [1.82, 2.24) is 19.2 Å². The highest BCUT2D eigenvalue weighted by atomic mass is 16.3. The van der Waals surface area contributed by atoms with Crippen molar-refractivity contribution in [2.24, 2.45) is 7.05 Å². The van der Waals surface area contributed by atoms with Gasteiger partial charge in [0, 0.05) is 31.5 Å². The van der Waals surface area contributed by atoms with Crippen LogP contribution in [0.25, 0.3) is 0 Å². The lowest BCUT2D eigenvalue weighted by atomic mass is 10.2. The molecule has 2 aromatic heterocycles. The first-order chi connectivity index (χ1) is 11.4. The molecule has 1 unspecified atom stereocenters. The molecular formula is C17H24N4O3. The predicted molar refractivity (Wildman–Crippen MR) is 88.5 cm³/mol. The van der Waals surface area contributed by atoms with E-state index in [1.165, 1.54) is 0 Å². The molecule has 2 aromatic rings. The van der Waals surface area contributed by atoms with Crippen molar-refractivity contribution in [3.8, 4) is 0 Å². The quantitative estimate of drug-likeness (QED) is 0.875. The summed E-state index contributed by atoms with van der Waals surface area (Å²) in [5, 5.41) is 23.2. The van der Waals surface area contributed by atoms with Gasteiger partial charge < -0.3 is 19.7 Å². The Balaban J connectivity index is 1.86. The molecule has 24 heavy (non-hydrogen) atoms. The third-order valence-corrected chi connectivity index (χ3v) is 4.84. The number of hydrogen-bond acceptors (Lipinski definition) is 4. The van der Waals surface area contributed by atoms with Crippen LogP contribution in [0.3, 0.4) is 0 Å². The second kappa shape index (κ2) is 6.41. The molecule has 1 aliphatic rings. The van der Waals surface area contributed by atoms with Gasteiger partial charge in [-0.1, -0.05) is 0 Å². The van der Waals surface area contributed by atoms with E-state index < -0.39 is 6.10 Å². The van der Waals surface area contributed by atoms with Crippen molar-refractivity contribution in [2.45, 2.75) is 39.5 Å². The minimum Gasteiger partial charge on any atom is -0.393 e. The summed E-state index contributed by atoms with van der Waals surface area (Å²) < 4.78 is 3.84. The number of aromatic nitrogens is 3. The van der Waals surface area contributed by atoms with Gasteiger partial charge in [-0.25, -0.2) is 0 Å². The van der Waals surface area contributed by atoms with Crippen molar-refractivity contribution >= 4 is 5.91 Å². The summed E-state index contributed by atoms with van der Waals surface area (Å²) in [4.78, 5) is 14.8. The van der Waals surface area contributed by atoms with Crippen molar-refractivity contribution in [3.63, 3.8) is 0 Å². The molecule has 0 saturated carbocycles. The topological polar surface area (TPSA) is 83.5 Å². The number of aryl methyl sites for hydroxylation is 2. The summed E-state index contributed by atoms with van der Waals surface area (Å²) in [6.45, 7) is 5.42. The standard InChI is InChI=1S/C17H24N4O3/c1-11-7-14(12(2)19(11)3)17(24)20-5-4-6-21-13(9-20)8-15(18-21)16(23)10-22/h7-8,16,22-23H,4-6,9-10H2,1-3H3. The number of aliphatic hydroxyl groups is 2. The first kappa shape index (κ1) is 16.7. The Morgan fingerprint density at radius 3 is 2.71 bits per heavy atom. The molecule has 0 saturated heterocycles. The highest BCUT2D eigenvalue weighted by molar-refractivity contribution is 5.95. The van der Waals surface area contributed by atoms with Gasteiger partial charge in [0.1, 0.15) is 6.10 Å². The molecule has 7 heteroatoms. The summed E-state index contributed by atoms with van der Waals surface area (Å²) in [5.41, 5.74) is 4.09. The Kier molecular flexibility index (Phi) is 4.47. The summed E-state index contributed by atoms with van der Waals surface area (Å²) in [5.74, 6) is 0.0232. The Bertz CT molecular complexity index is 762. The maximum atomic E-state index is 12.9. The van der Waals surface area contributed by atoms with E-state index in [4.69, 9.17) is 5.11 Å². The molecule has 0 spiro atoms. The fourth-order valence-electron chi connectivity index (χ4n) is 3.16. The van der Waals surface area contributed by atoms with Crippen LogP contribution in [0.1, 0.15) is 45.7 Å². The number of hydrogen-bond donors (Lipinski definition) is 2.